The Hall–Kier alpha value is -0.830. The second-order valence-electron chi connectivity index (χ2n) is 7.01. The first kappa shape index (κ1) is 13.6. The maximum absolute atomic E-state index is 4.24. The maximum Gasteiger partial charge on any atom is 0.0951 e. The zero-order valence-electron chi connectivity index (χ0n) is 12.6. The van der Waals surface area contributed by atoms with Crippen molar-refractivity contribution in [2.75, 3.05) is 6.54 Å². The van der Waals surface area contributed by atoms with Crippen LogP contribution in [-0.4, -0.2) is 16.1 Å². The highest BCUT2D eigenvalue weighted by Gasteiger charge is 2.63. The molecule has 0 aromatic carbocycles. The van der Waals surface area contributed by atoms with Gasteiger partial charge in [-0.3, -0.25) is 0 Å². The molecular formula is C15H27N3. The van der Waals surface area contributed by atoms with Crippen LogP contribution in [0.25, 0.3) is 0 Å². The lowest BCUT2D eigenvalue weighted by Gasteiger charge is -2.12. The fraction of sp³-hybridized carbons (Fsp3) is 0.800. The third kappa shape index (κ3) is 2.09. The molecule has 1 aromatic heterocycles. The third-order valence-corrected chi connectivity index (χ3v) is 5.28. The zero-order valence-corrected chi connectivity index (χ0v) is 12.6. The number of aromatic nitrogens is 2. The van der Waals surface area contributed by atoms with Gasteiger partial charge in [0.05, 0.1) is 12.0 Å². The summed E-state index contributed by atoms with van der Waals surface area (Å²) in [7, 11) is 0. The molecule has 1 fully saturated rings. The summed E-state index contributed by atoms with van der Waals surface area (Å²) in [6, 6.07) is 0.484. The molecule has 0 radical (unpaired) electrons. The van der Waals surface area contributed by atoms with Crippen LogP contribution in [0.2, 0.25) is 0 Å². The van der Waals surface area contributed by atoms with E-state index in [0.717, 1.165) is 19.0 Å². The molecule has 3 heteroatoms. The van der Waals surface area contributed by atoms with E-state index in [4.69, 9.17) is 0 Å². The second kappa shape index (κ2) is 4.37. The lowest BCUT2D eigenvalue weighted by molar-refractivity contribution is 0.457. The van der Waals surface area contributed by atoms with Crippen molar-refractivity contribution in [1.82, 2.24) is 14.9 Å². The molecule has 3 nitrogen and oxygen atoms in total. The standard InChI is InChI=1S/C15H27N3/c1-11(2)18-10-17-8-12(18)7-16-9-13-14(3,4)15(13,5)6/h8,10-11,13,16H,7,9H2,1-6H3. The summed E-state index contributed by atoms with van der Waals surface area (Å²) in [5, 5.41) is 3.60. The molecule has 0 spiro atoms. The van der Waals surface area contributed by atoms with E-state index in [1.807, 2.05) is 12.5 Å². The van der Waals surface area contributed by atoms with Gasteiger partial charge in [-0.2, -0.15) is 0 Å². The first-order valence-corrected chi connectivity index (χ1v) is 7.00. The molecule has 1 N–H and O–H groups in total. The summed E-state index contributed by atoms with van der Waals surface area (Å²) < 4.78 is 2.23. The summed E-state index contributed by atoms with van der Waals surface area (Å²) in [4.78, 5) is 4.24. The predicted octanol–water partition coefficient (Wildman–Crippen LogP) is 3.24. The lowest BCUT2D eigenvalue weighted by atomic mass is 10.0. The van der Waals surface area contributed by atoms with Crippen LogP contribution in [0.15, 0.2) is 12.5 Å². The highest BCUT2D eigenvalue weighted by Crippen LogP contribution is 2.67. The number of rotatable bonds is 5. The molecule has 102 valence electrons. The summed E-state index contributed by atoms with van der Waals surface area (Å²) in [5.41, 5.74) is 2.22. The van der Waals surface area contributed by atoms with Gasteiger partial charge < -0.3 is 9.88 Å². The van der Waals surface area contributed by atoms with Crippen LogP contribution in [0.1, 0.15) is 53.3 Å². The number of nitrogens with zero attached hydrogens (tertiary/aromatic N) is 2. The minimum atomic E-state index is 0.471. The van der Waals surface area contributed by atoms with Crippen LogP contribution in [0, 0.1) is 16.7 Å². The summed E-state index contributed by atoms with van der Waals surface area (Å²) in [6.45, 7) is 15.9. The smallest absolute Gasteiger partial charge is 0.0951 e. The molecule has 18 heavy (non-hydrogen) atoms. The topological polar surface area (TPSA) is 29.9 Å². The van der Waals surface area contributed by atoms with Crippen LogP contribution in [0.3, 0.4) is 0 Å². The van der Waals surface area contributed by atoms with Crippen molar-refractivity contribution in [2.24, 2.45) is 16.7 Å². The van der Waals surface area contributed by atoms with Crippen LogP contribution >= 0.6 is 0 Å². The minimum absolute atomic E-state index is 0.471. The van der Waals surface area contributed by atoms with E-state index in [9.17, 15) is 0 Å². The van der Waals surface area contributed by atoms with E-state index >= 15 is 0 Å². The molecular weight excluding hydrogens is 222 g/mol. The average Bonchev–Trinajstić information content (AvgIpc) is 2.66. The van der Waals surface area contributed by atoms with E-state index in [1.54, 1.807) is 0 Å². The number of imidazole rings is 1. The molecule has 1 aliphatic carbocycles. The van der Waals surface area contributed by atoms with Crippen molar-refractivity contribution in [1.29, 1.82) is 0 Å². The fourth-order valence-electron chi connectivity index (χ4n) is 3.12. The second-order valence-corrected chi connectivity index (χ2v) is 7.01. The Bertz CT molecular complexity index is 401. The first-order chi connectivity index (χ1) is 8.28. The largest absolute Gasteiger partial charge is 0.331 e. The molecule has 0 aliphatic heterocycles. The van der Waals surface area contributed by atoms with Crippen molar-refractivity contribution >= 4 is 0 Å². The first-order valence-electron chi connectivity index (χ1n) is 7.00. The van der Waals surface area contributed by atoms with Crippen molar-refractivity contribution < 1.29 is 0 Å². The van der Waals surface area contributed by atoms with E-state index < -0.39 is 0 Å². The van der Waals surface area contributed by atoms with Crippen molar-refractivity contribution in [3.63, 3.8) is 0 Å². The Morgan fingerprint density at radius 1 is 1.28 bits per heavy atom. The quantitative estimate of drug-likeness (QED) is 0.868. The molecule has 2 rings (SSSR count). The van der Waals surface area contributed by atoms with Crippen LogP contribution < -0.4 is 5.32 Å². The number of hydrogen-bond acceptors (Lipinski definition) is 2. The van der Waals surface area contributed by atoms with Gasteiger partial charge in [0.1, 0.15) is 0 Å². The normalized spacial score (nSPS) is 21.5. The van der Waals surface area contributed by atoms with Crippen molar-refractivity contribution in [2.45, 2.75) is 54.1 Å². The summed E-state index contributed by atoms with van der Waals surface area (Å²) in [6.07, 6.45) is 3.89. The summed E-state index contributed by atoms with van der Waals surface area (Å²) in [5.74, 6) is 0.778. The van der Waals surface area contributed by atoms with Gasteiger partial charge in [0.15, 0.2) is 0 Å². The number of hydrogen-bond donors (Lipinski definition) is 1. The fourth-order valence-corrected chi connectivity index (χ4v) is 3.12. The molecule has 1 saturated carbocycles. The van der Waals surface area contributed by atoms with Gasteiger partial charge in [-0.05, 0) is 37.1 Å². The van der Waals surface area contributed by atoms with E-state index in [0.29, 0.717) is 16.9 Å². The van der Waals surface area contributed by atoms with Gasteiger partial charge in [-0.1, -0.05) is 27.7 Å². The SMILES string of the molecule is CC(C)n1cncc1CNCC1C(C)(C)C1(C)C. The van der Waals surface area contributed by atoms with Crippen molar-refractivity contribution in [3.05, 3.63) is 18.2 Å². The molecule has 0 saturated heterocycles. The Morgan fingerprint density at radius 3 is 2.39 bits per heavy atom. The predicted molar refractivity (Wildman–Crippen MR) is 75.4 cm³/mol. The summed E-state index contributed by atoms with van der Waals surface area (Å²) >= 11 is 0. The molecule has 0 amide bonds. The maximum atomic E-state index is 4.24. The van der Waals surface area contributed by atoms with E-state index in [2.05, 4.69) is 56.4 Å². The van der Waals surface area contributed by atoms with E-state index in [-0.39, 0.29) is 0 Å². The molecule has 1 aromatic rings. The van der Waals surface area contributed by atoms with Crippen LogP contribution in [0.4, 0.5) is 0 Å². The highest BCUT2D eigenvalue weighted by molar-refractivity contribution is 5.13. The zero-order chi connectivity index (χ0) is 13.6. The Morgan fingerprint density at radius 2 is 1.89 bits per heavy atom. The van der Waals surface area contributed by atoms with Gasteiger partial charge in [0, 0.05) is 18.8 Å². The van der Waals surface area contributed by atoms with Gasteiger partial charge in [0.25, 0.3) is 0 Å². The van der Waals surface area contributed by atoms with Gasteiger partial charge in [0.2, 0.25) is 0 Å². The Labute approximate surface area is 111 Å². The molecule has 1 heterocycles. The monoisotopic (exact) mass is 249 g/mol. The van der Waals surface area contributed by atoms with Crippen LogP contribution in [-0.2, 0) is 6.54 Å². The Kier molecular flexibility index (Phi) is 3.30. The van der Waals surface area contributed by atoms with E-state index in [1.165, 1.54) is 5.69 Å². The Balaban J connectivity index is 1.85. The van der Waals surface area contributed by atoms with Gasteiger partial charge in [-0.15, -0.1) is 0 Å². The molecule has 1 aliphatic rings. The van der Waals surface area contributed by atoms with Gasteiger partial charge in [-0.25, -0.2) is 4.98 Å². The third-order valence-electron chi connectivity index (χ3n) is 5.28. The highest BCUT2D eigenvalue weighted by atomic mass is 15.1. The molecule has 0 atom stereocenters. The van der Waals surface area contributed by atoms with Gasteiger partial charge >= 0.3 is 0 Å². The lowest BCUT2D eigenvalue weighted by Crippen LogP contribution is -2.21. The number of nitrogens with one attached hydrogen (secondary N) is 1. The van der Waals surface area contributed by atoms with Crippen molar-refractivity contribution in [3.8, 4) is 0 Å². The average molecular weight is 249 g/mol. The van der Waals surface area contributed by atoms with Crippen LogP contribution in [0.5, 0.6) is 0 Å². The minimum Gasteiger partial charge on any atom is -0.331 e. The molecule has 0 bridgehead atoms. The molecule has 0 unspecified atom stereocenters.